The fourth-order valence-electron chi connectivity index (χ4n) is 5.93. The van der Waals surface area contributed by atoms with E-state index in [4.69, 9.17) is 21.7 Å². The van der Waals surface area contributed by atoms with Gasteiger partial charge in [0.2, 0.25) is 0 Å². The summed E-state index contributed by atoms with van der Waals surface area (Å²) in [6.45, 7) is 3.01. The van der Waals surface area contributed by atoms with Crippen LogP contribution in [-0.2, 0) is 15.1 Å². The Balaban J connectivity index is 1.38. The Kier molecular flexibility index (Phi) is 8.51. The van der Waals surface area contributed by atoms with Gasteiger partial charge in [0.25, 0.3) is 5.91 Å². The van der Waals surface area contributed by atoms with E-state index in [1.54, 1.807) is 54.9 Å². The third-order valence-corrected chi connectivity index (χ3v) is 8.51. The molecule has 0 radical (unpaired) electrons. The highest BCUT2D eigenvalue weighted by Crippen LogP contribution is 2.43. The number of rotatable bonds is 10. The molecule has 11 nitrogen and oxygen atoms in total. The fourth-order valence-corrected chi connectivity index (χ4v) is 6.14. The van der Waals surface area contributed by atoms with Crippen LogP contribution in [0.1, 0.15) is 63.8 Å². The number of nitrogens with zero attached hydrogens (tertiary/aromatic N) is 4. The van der Waals surface area contributed by atoms with Crippen LogP contribution < -0.4 is 10.6 Å². The number of carbonyl (C=O) groups is 2. The number of aromatic amines is 1. The van der Waals surface area contributed by atoms with Gasteiger partial charge in [-0.3, -0.25) is 15.1 Å². The quantitative estimate of drug-likeness (QED) is 0.150. The maximum Gasteiger partial charge on any atom is 0.407 e. The van der Waals surface area contributed by atoms with Gasteiger partial charge in [-0.2, -0.15) is 13.9 Å². The van der Waals surface area contributed by atoms with Gasteiger partial charge in [-0.1, -0.05) is 62.7 Å². The summed E-state index contributed by atoms with van der Waals surface area (Å²) in [5, 5.41) is 19.2. The number of hydrogen-bond donors (Lipinski definition) is 4. The predicted octanol–water partition coefficient (Wildman–Crippen LogP) is 6.62. The SMILES string of the molecule is CC(C)(C)C[C@]1(c2ccc(-c3cnn(C(F)F)c3)cc2)NC(=N)N([C@H](COC(=O)NC2CC2)c2ccc(Cl)c(-c3ncc[nH]3)c2)C1=O. The molecule has 2 aliphatic rings. The molecule has 2 amide bonds. The van der Waals surface area contributed by atoms with Gasteiger partial charge >= 0.3 is 12.6 Å². The molecule has 6 rings (SSSR count). The summed E-state index contributed by atoms with van der Waals surface area (Å²) in [4.78, 5) is 36.1. The lowest BCUT2D eigenvalue weighted by Gasteiger charge is -2.35. The van der Waals surface area contributed by atoms with Crippen LogP contribution in [0.4, 0.5) is 13.6 Å². The van der Waals surface area contributed by atoms with E-state index >= 15 is 0 Å². The third-order valence-electron chi connectivity index (χ3n) is 8.18. The van der Waals surface area contributed by atoms with Crippen molar-refractivity contribution in [2.45, 2.75) is 64.2 Å². The maximum absolute atomic E-state index is 14.8. The molecular weight excluding hydrogens is 630 g/mol. The number of hydrogen-bond acceptors (Lipinski definition) is 6. The molecule has 0 spiro atoms. The Labute approximate surface area is 275 Å². The van der Waals surface area contributed by atoms with Crippen molar-refractivity contribution in [2.75, 3.05) is 6.61 Å². The average Bonchev–Trinajstić information content (AvgIpc) is 3.38. The highest BCUT2D eigenvalue weighted by Gasteiger charge is 2.54. The number of guanidine groups is 1. The first-order valence-corrected chi connectivity index (χ1v) is 15.6. The van der Waals surface area contributed by atoms with Crippen LogP contribution in [0.2, 0.25) is 5.02 Å². The van der Waals surface area contributed by atoms with Crippen LogP contribution in [0.5, 0.6) is 0 Å². The largest absolute Gasteiger partial charge is 0.447 e. The van der Waals surface area contributed by atoms with Gasteiger partial charge in [-0.25, -0.2) is 14.5 Å². The lowest BCUT2D eigenvalue weighted by atomic mass is 9.75. The highest BCUT2D eigenvalue weighted by molar-refractivity contribution is 6.33. The summed E-state index contributed by atoms with van der Waals surface area (Å²) < 4.78 is 32.5. The van der Waals surface area contributed by atoms with Crippen LogP contribution >= 0.6 is 11.6 Å². The number of imidazole rings is 1. The average molecular weight is 665 g/mol. The molecule has 2 fully saturated rings. The van der Waals surface area contributed by atoms with Gasteiger partial charge in [0, 0.05) is 35.8 Å². The molecule has 0 bridgehead atoms. The molecule has 2 atom stereocenters. The third kappa shape index (κ3) is 6.71. The molecule has 3 heterocycles. The molecule has 4 aromatic rings. The summed E-state index contributed by atoms with van der Waals surface area (Å²) in [7, 11) is 0. The minimum Gasteiger partial charge on any atom is -0.447 e. The zero-order valence-corrected chi connectivity index (χ0v) is 26.8. The van der Waals surface area contributed by atoms with Gasteiger partial charge in [-0.05, 0) is 53.5 Å². The van der Waals surface area contributed by atoms with Crippen molar-refractivity contribution >= 4 is 29.6 Å². The van der Waals surface area contributed by atoms with Crippen LogP contribution in [-0.4, -0.2) is 55.3 Å². The zero-order chi connectivity index (χ0) is 33.5. The Morgan fingerprint density at radius 2 is 1.94 bits per heavy atom. The zero-order valence-electron chi connectivity index (χ0n) is 26.1. The van der Waals surface area contributed by atoms with E-state index in [1.807, 2.05) is 20.8 Å². The molecule has 2 aromatic heterocycles. The van der Waals surface area contributed by atoms with E-state index in [2.05, 4.69) is 25.7 Å². The van der Waals surface area contributed by atoms with E-state index in [0.717, 1.165) is 12.8 Å². The number of H-pyrrole nitrogens is 1. The van der Waals surface area contributed by atoms with Gasteiger partial charge in [0.05, 0.1) is 17.3 Å². The van der Waals surface area contributed by atoms with Crippen LogP contribution in [0.25, 0.3) is 22.5 Å². The predicted molar refractivity (Wildman–Crippen MR) is 172 cm³/mol. The topological polar surface area (TPSA) is 141 Å². The van der Waals surface area contributed by atoms with Gasteiger partial charge < -0.3 is 20.4 Å². The molecule has 1 saturated heterocycles. The first-order valence-electron chi connectivity index (χ1n) is 15.2. The summed E-state index contributed by atoms with van der Waals surface area (Å²) in [6.07, 6.45) is 7.35. The smallest absolute Gasteiger partial charge is 0.407 e. The number of alkyl carbamates (subject to hydrolysis) is 1. The number of alkyl halides is 2. The Morgan fingerprint density at radius 1 is 1.19 bits per heavy atom. The van der Waals surface area contributed by atoms with Crippen LogP contribution in [0, 0.1) is 10.8 Å². The molecule has 246 valence electrons. The molecular formula is C33H35ClF2N8O3. The lowest BCUT2D eigenvalue weighted by molar-refractivity contribution is -0.134. The molecule has 0 unspecified atom stereocenters. The number of benzene rings is 2. The second kappa shape index (κ2) is 12.4. The summed E-state index contributed by atoms with van der Waals surface area (Å²) in [5.74, 6) is -0.0427. The van der Waals surface area contributed by atoms with Crippen molar-refractivity contribution in [2.24, 2.45) is 5.41 Å². The van der Waals surface area contributed by atoms with E-state index < -0.39 is 30.1 Å². The molecule has 4 N–H and O–H groups in total. The van der Waals surface area contributed by atoms with Crippen molar-refractivity contribution in [3.8, 4) is 22.5 Å². The fraction of sp³-hybridized carbons (Fsp3) is 0.364. The van der Waals surface area contributed by atoms with Crippen molar-refractivity contribution in [1.82, 2.24) is 35.3 Å². The molecule has 47 heavy (non-hydrogen) atoms. The number of nitrogens with one attached hydrogen (secondary N) is 4. The molecule has 14 heteroatoms. The standard InChI is InChI=1S/C33H35ClF2N8O3/c1-32(2,3)18-33(22-7-4-19(5-8-22)21-15-40-43(16-21)29(35)36)28(45)44(30(37)42-33)26(17-47-31(46)41-23-9-10-23)20-6-11-25(34)24(14-20)27-38-12-13-39-27/h4-8,11-16,23,26,29H,9-10,17-18H2,1-3H3,(H2,37,42)(H,38,39)(H,41,46)/t26-,33-/m1/s1. The van der Waals surface area contributed by atoms with E-state index in [-0.39, 0.29) is 24.0 Å². The number of halogens is 3. The van der Waals surface area contributed by atoms with Crippen LogP contribution in [0.3, 0.4) is 0 Å². The minimum absolute atomic E-state index is 0.0718. The Hall–Kier alpha value is -4.78. The van der Waals surface area contributed by atoms with Crippen molar-refractivity contribution in [3.05, 3.63) is 83.4 Å². The summed E-state index contributed by atoms with van der Waals surface area (Å²) in [6, 6.07) is 11.4. The molecule has 1 saturated carbocycles. The van der Waals surface area contributed by atoms with Crippen molar-refractivity contribution in [3.63, 3.8) is 0 Å². The lowest BCUT2D eigenvalue weighted by Crippen LogP contribution is -2.47. The van der Waals surface area contributed by atoms with E-state index in [9.17, 15) is 18.4 Å². The second-order valence-corrected chi connectivity index (χ2v) is 13.5. The number of carbonyl (C=O) groups excluding carboxylic acids is 2. The molecule has 2 aromatic carbocycles. The second-order valence-electron chi connectivity index (χ2n) is 13.1. The van der Waals surface area contributed by atoms with Gasteiger partial charge in [0.15, 0.2) is 5.96 Å². The first kappa shape index (κ1) is 32.2. The van der Waals surface area contributed by atoms with E-state index in [0.29, 0.717) is 49.8 Å². The maximum atomic E-state index is 14.8. The minimum atomic E-state index is -2.76. The Bertz CT molecular complexity index is 1780. The Morgan fingerprint density at radius 3 is 2.55 bits per heavy atom. The van der Waals surface area contributed by atoms with Crippen LogP contribution in [0.15, 0.2) is 67.3 Å². The monoisotopic (exact) mass is 664 g/mol. The molecule has 1 aliphatic carbocycles. The van der Waals surface area contributed by atoms with Gasteiger partial charge in [-0.15, -0.1) is 0 Å². The van der Waals surface area contributed by atoms with Crippen molar-refractivity contribution in [1.29, 1.82) is 5.41 Å². The highest BCUT2D eigenvalue weighted by atomic mass is 35.5. The molecule has 1 aliphatic heterocycles. The van der Waals surface area contributed by atoms with Gasteiger partial charge in [0.1, 0.15) is 18.0 Å². The van der Waals surface area contributed by atoms with Crippen molar-refractivity contribution < 1.29 is 23.1 Å². The van der Waals surface area contributed by atoms with E-state index in [1.165, 1.54) is 17.3 Å². The first-order chi connectivity index (χ1) is 22.3. The summed E-state index contributed by atoms with van der Waals surface area (Å²) >= 11 is 6.54. The number of ether oxygens (including phenoxy) is 1. The number of amides is 2. The summed E-state index contributed by atoms with van der Waals surface area (Å²) in [5.41, 5.74) is 1.16. The normalized spacial score (nSPS) is 18.8. The number of aromatic nitrogens is 4.